The van der Waals surface area contributed by atoms with Crippen LogP contribution in [0.3, 0.4) is 0 Å². The van der Waals surface area contributed by atoms with Crippen LogP contribution >= 0.6 is 0 Å². The molecule has 2 rings (SSSR count). The van der Waals surface area contributed by atoms with Gasteiger partial charge in [-0.15, -0.1) is 0 Å². The summed E-state index contributed by atoms with van der Waals surface area (Å²) in [5.74, 6) is 4.75. The molecule has 6 atom stereocenters. The highest BCUT2D eigenvalue weighted by Gasteiger charge is 2.48. The van der Waals surface area contributed by atoms with Crippen molar-refractivity contribution in [2.75, 3.05) is 26.2 Å². The van der Waals surface area contributed by atoms with E-state index in [2.05, 4.69) is 53.8 Å². The average Bonchev–Trinajstić information content (AvgIpc) is 3.21. The summed E-state index contributed by atoms with van der Waals surface area (Å²) >= 11 is 0. The molecule has 2 fully saturated rings. The zero-order chi connectivity index (χ0) is 28.4. The minimum absolute atomic E-state index is 0.610. The van der Waals surface area contributed by atoms with E-state index in [1.54, 1.807) is 0 Å². The van der Waals surface area contributed by atoms with E-state index in [4.69, 9.17) is 11.5 Å². The summed E-state index contributed by atoms with van der Waals surface area (Å²) in [7, 11) is 0. The molecule has 0 radical (unpaired) electrons. The van der Waals surface area contributed by atoms with Crippen LogP contribution in [0.1, 0.15) is 158 Å². The van der Waals surface area contributed by atoms with E-state index in [1.165, 1.54) is 96.3 Å². The summed E-state index contributed by atoms with van der Waals surface area (Å²) in [5.41, 5.74) is 11.9. The first-order chi connectivity index (χ1) is 18.2. The van der Waals surface area contributed by atoms with E-state index in [1.807, 2.05) is 0 Å². The van der Waals surface area contributed by atoms with E-state index in [-0.39, 0.29) is 0 Å². The van der Waals surface area contributed by atoms with E-state index in [9.17, 15) is 0 Å². The maximum absolute atomic E-state index is 5.32. The Morgan fingerprint density at radius 1 is 0.789 bits per heavy atom. The van der Waals surface area contributed by atoms with Gasteiger partial charge in [-0.1, -0.05) is 93.4 Å². The number of hydrogen-bond donors (Lipinski definition) is 3. The third-order valence-corrected chi connectivity index (χ3v) is 11.0. The number of nitrogens with two attached hydrogens (primary N) is 2. The molecule has 0 aliphatic heterocycles. The first kappa shape index (κ1) is 35.9. The van der Waals surface area contributed by atoms with Crippen molar-refractivity contribution < 1.29 is 0 Å². The molecule has 2 aliphatic rings. The van der Waals surface area contributed by atoms with Crippen LogP contribution in [0.4, 0.5) is 0 Å². The van der Waals surface area contributed by atoms with Gasteiger partial charge in [0.05, 0.1) is 0 Å². The van der Waals surface area contributed by atoms with Gasteiger partial charge in [0.2, 0.25) is 0 Å². The van der Waals surface area contributed by atoms with E-state index in [0.29, 0.717) is 10.8 Å². The lowest BCUT2D eigenvalue weighted by Crippen LogP contribution is -2.35. The Kier molecular flexibility index (Phi) is 18.8. The lowest BCUT2D eigenvalue weighted by atomic mass is 9.61. The molecular weight excluding hydrogens is 462 g/mol. The van der Waals surface area contributed by atoms with Crippen molar-refractivity contribution in [3.63, 3.8) is 0 Å². The van der Waals surface area contributed by atoms with Crippen LogP contribution in [0.5, 0.6) is 0 Å². The summed E-state index contributed by atoms with van der Waals surface area (Å²) in [5, 5.41) is 3.29. The van der Waals surface area contributed by atoms with Gasteiger partial charge in [-0.05, 0) is 131 Å². The molecule has 0 heterocycles. The predicted octanol–water partition coefficient (Wildman–Crippen LogP) is 9.33. The Labute approximate surface area is 240 Å². The third-order valence-electron chi connectivity index (χ3n) is 11.0. The normalized spacial score (nSPS) is 30.3. The van der Waals surface area contributed by atoms with Crippen molar-refractivity contribution in [1.82, 2.24) is 5.32 Å². The van der Waals surface area contributed by atoms with Gasteiger partial charge in [-0.2, -0.15) is 0 Å². The van der Waals surface area contributed by atoms with Crippen molar-refractivity contribution in [2.24, 2.45) is 51.9 Å². The fourth-order valence-corrected chi connectivity index (χ4v) is 8.48. The second-order valence-electron chi connectivity index (χ2n) is 14.4. The second kappa shape index (κ2) is 19.9. The fourth-order valence-electron chi connectivity index (χ4n) is 8.48. The lowest BCUT2D eigenvalue weighted by Gasteiger charge is -2.45. The summed E-state index contributed by atoms with van der Waals surface area (Å²) in [6.07, 6.45) is 24.0. The third kappa shape index (κ3) is 12.2. The first-order valence-electron chi connectivity index (χ1n) is 17.3. The smallest absolute Gasteiger partial charge is 0.00369 e. The average molecular weight is 536 g/mol. The molecule has 3 heteroatoms. The van der Waals surface area contributed by atoms with Gasteiger partial charge < -0.3 is 16.8 Å². The monoisotopic (exact) mass is 536 g/mol. The molecule has 3 nitrogen and oxygen atoms in total. The van der Waals surface area contributed by atoms with Crippen LogP contribution in [-0.4, -0.2) is 26.2 Å². The van der Waals surface area contributed by atoms with Crippen molar-refractivity contribution in [3.05, 3.63) is 0 Å². The van der Waals surface area contributed by atoms with Crippen molar-refractivity contribution in [2.45, 2.75) is 158 Å². The molecule has 0 aromatic rings. The van der Waals surface area contributed by atoms with Gasteiger partial charge in [0.25, 0.3) is 0 Å². The minimum Gasteiger partial charge on any atom is -0.330 e. The first-order valence-corrected chi connectivity index (χ1v) is 17.3. The van der Waals surface area contributed by atoms with Crippen LogP contribution in [-0.2, 0) is 0 Å². The van der Waals surface area contributed by atoms with Crippen LogP contribution < -0.4 is 16.8 Å². The molecule has 228 valence electrons. The topological polar surface area (TPSA) is 64.1 Å². The molecule has 0 aromatic heterocycles. The van der Waals surface area contributed by atoms with Crippen molar-refractivity contribution in [3.8, 4) is 0 Å². The van der Waals surface area contributed by atoms with Crippen LogP contribution in [0.2, 0.25) is 0 Å². The Morgan fingerprint density at radius 2 is 1.50 bits per heavy atom. The standard InChI is InChI=1S/C28H54.C7H19N3/c1-8-19-28(7)25(16-17-26(28)23(5)14-12-13-22(3)4)18-21-27(6)20-11-10-15-24(27)9-2;8-4-1-2-6-10-7-3-5-9/h22-26H,8-21H2,1-7H3;10H,1-9H2/t23?,24-,25?,26?,27?,28?;/m0./s1. The van der Waals surface area contributed by atoms with Gasteiger partial charge in [-0.25, -0.2) is 0 Å². The van der Waals surface area contributed by atoms with E-state index < -0.39 is 0 Å². The lowest BCUT2D eigenvalue weighted by molar-refractivity contribution is 0.0558. The molecule has 5 unspecified atom stereocenters. The molecule has 2 saturated carbocycles. The quantitative estimate of drug-likeness (QED) is 0.153. The highest BCUT2D eigenvalue weighted by atomic mass is 14.8. The van der Waals surface area contributed by atoms with E-state index in [0.717, 1.165) is 68.6 Å². The van der Waals surface area contributed by atoms with Gasteiger partial charge >= 0.3 is 0 Å². The zero-order valence-corrected chi connectivity index (χ0v) is 27.4. The molecule has 0 amide bonds. The fraction of sp³-hybridized carbons (Fsp3) is 1.00. The highest BCUT2D eigenvalue weighted by Crippen LogP contribution is 2.57. The Hall–Kier alpha value is -0.120. The molecule has 0 saturated heterocycles. The molecule has 38 heavy (non-hydrogen) atoms. The van der Waals surface area contributed by atoms with E-state index >= 15 is 0 Å². The second-order valence-corrected chi connectivity index (χ2v) is 14.4. The Bertz CT molecular complexity index is 555. The zero-order valence-electron chi connectivity index (χ0n) is 27.4. The molecular formula is C35H73N3. The molecule has 0 bridgehead atoms. The van der Waals surface area contributed by atoms with Gasteiger partial charge in [0.1, 0.15) is 0 Å². The molecule has 5 N–H and O–H groups in total. The molecule has 2 aliphatic carbocycles. The van der Waals surface area contributed by atoms with Gasteiger partial charge in [0, 0.05) is 0 Å². The maximum Gasteiger partial charge on any atom is -0.00369 e. The Morgan fingerprint density at radius 3 is 2.13 bits per heavy atom. The predicted molar refractivity (Wildman–Crippen MR) is 172 cm³/mol. The largest absolute Gasteiger partial charge is 0.330 e. The number of hydrogen-bond acceptors (Lipinski definition) is 3. The number of rotatable bonds is 18. The van der Waals surface area contributed by atoms with Crippen LogP contribution in [0.15, 0.2) is 0 Å². The van der Waals surface area contributed by atoms with Gasteiger partial charge in [0.15, 0.2) is 0 Å². The molecule has 0 spiro atoms. The molecule has 0 aromatic carbocycles. The van der Waals surface area contributed by atoms with Crippen LogP contribution in [0.25, 0.3) is 0 Å². The number of unbranched alkanes of at least 4 members (excludes halogenated alkanes) is 1. The van der Waals surface area contributed by atoms with Crippen molar-refractivity contribution >= 4 is 0 Å². The minimum atomic E-state index is 0.610. The Balaban J connectivity index is 0.000000612. The summed E-state index contributed by atoms with van der Waals surface area (Å²) in [4.78, 5) is 0. The van der Waals surface area contributed by atoms with Crippen LogP contribution in [0, 0.1) is 40.4 Å². The summed E-state index contributed by atoms with van der Waals surface area (Å²) in [6.45, 7) is 21.3. The maximum atomic E-state index is 5.32. The van der Waals surface area contributed by atoms with Crippen molar-refractivity contribution in [1.29, 1.82) is 0 Å². The summed E-state index contributed by atoms with van der Waals surface area (Å²) in [6, 6.07) is 0. The summed E-state index contributed by atoms with van der Waals surface area (Å²) < 4.78 is 0. The van der Waals surface area contributed by atoms with Gasteiger partial charge in [-0.3, -0.25) is 0 Å². The number of nitrogens with one attached hydrogen (secondary N) is 1. The SMILES string of the molecule is CCCC1(C)C(CCC2(C)CCCC[C@@H]2CC)CCC1C(C)CCCC(C)C.NCCCCNCCCN. The highest BCUT2D eigenvalue weighted by molar-refractivity contribution is 4.98.